The van der Waals surface area contributed by atoms with Crippen molar-refractivity contribution in [3.63, 3.8) is 0 Å². The predicted octanol–water partition coefficient (Wildman–Crippen LogP) is 4.45. The van der Waals surface area contributed by atoms with Crippen molar-refractivity contribution in [2.24, 2.45) is 0 Å². The molecule has 0 spiro atoms. The zero-order valence-electron chi connectivity index (χ0n) is 13.6. The van der Waals surface area contributed by atoms with Crippen molar-refractivity contribution in [3.8, 4) is 23.0 Å². The first-order chi connectivity index (χ1) is 12.2. The van der Waals surface area contributed by atoms with Crippen LogP contribution >= 0.6 is 0 Å². The number of nitrogens with one attached hydrogen (secondary N) is 1. The highest BCUT2D eigenvalue weighted by Crippen LogP contribution is 2.28. The molecule has 0 saturated heterocycles. The standard InChI is InChI=1S/C20H17NO4/c1-24-18-9-5-8-17(22)19(18)20(23)21-14-10-12-16(13-11-14)25-15-6-3-2-4-7-15/h2-13,22H,1H3,(H,21,23). The van der Waals surface area contributed by atoms with Crippen molar-refractivity contribution < 1.29 is 19.4 Å². The average Bonchev–Trinajstić information content (AvgIpc) is 2.64. The van der Waals surface area contributed by atoms with Crippen LogP contribution in [-0.2, 0) is 0 Å². The molecule has 3 aromatic carbocycles. The number of benzene rings is 3. The quantitative estimate of drug-likeness (QED) is 0.723. The van der Waals surface area contributed by atoms with Crippen LogP contribution in [0.5, 0.6) is 23.0 Å². The number of methoxy groups -OCH3 is 1. The molecule has 0 saturated carbocycles. The summed E-state index contributed by atoms with van der Waals surface area (Å²) >= 11 is 0. The summed E-state index contributed by atoms with van der Waals surface area (Å²) in [6, 6.07) is 21.0. The number of rotatable bonds is 5. The van der Waals surface area contributed by atoms with E-state index >= 15 is 0 Å². The van der Waals surface area contributed by atoms with E-state index in [2.05, 4.69) is 5.32 Å². The number of carbonyl (C=O) groups is 1. The summed E-state index contributed by atoms with van der Waals surface area (Å²) < 4.78 is 10.8. The number of ether oxygens (including phenoxy) is 2. The van der Waals surface area contributed by atoms with Crippen LogP contribution in [0, 0.1) is 0 Å². The van der Waals surface area contributed by atoms with Crippen molar-refractivity contribution in [1.82, 2.24) is 0 Å². The molecule has 0 radical (unpaired) electrons. The maximum Gasteiger partial charge on any atom is 0.263 e. The van der Waals surface area contributed by atoms with Gasteiger partial charge in [-0.15, -0.1) is 0 Å². The van der Waals surface area contributed by atoms with E-state index in [0.717, 1.165) is 5.75 Å². The first-order valence-electron chi connectivity index (χ1n) is 7.67. The van der Waals surface area contributed by atoms with Crippen molar-refractivity contribution in [3.05, 3.63) is 78.4 Å². The third kappa shape index (κ3) is 3.90. The Hall–Kier alpha value is -3.47. The van der Waals surface area contributed by atoms with Gasteiger partial charge < -0.3 is 19.9 Å². The molecule has 0 aliphatic carbocycles. The number of amides is 1. The fourth-order valence-corrected chi connectivity index (χ4v) is 2.34. The van der Waals surface area contributed by atoms with Crippen molar-refractivity contribution >= 4 is 11.6 Å². The van der Waals surface area contributed by atoms with Crippen LogP contribution in [-0.4, -0.2) is 18.1 Å². The third-order valence-electron chi connectivity index (χ3n) is 3.54. The molecular formula is C20H17NO4. The first kappa shape index (κ1) is 16.4. The van der Waals surface area contributed by atoms with E-state index in [1.165, 1.54) is 13.2 Å². The molecule has 126 valence electrons. The molecule has 2 N–H and O–H groups in total. The van der Waals surface area contributed by atoms with Crippen LogP contribution in [0.15, 0.2) is 72.8 Å². The molecule has 5 heteroatoms. The topological polar surface area (TPSA) is 67.8 Å². The Morgan fingerprint density at radius 3 is 2.24 bits per heavy atom. The largest absolute Gasteiger partial charge is 0.507 e. The molecule has 5 nitrogen and oxygen atoms in total. The smallest absolute Gasteiger partial charge is 0.263 e. The van der Waals surface area contributed by atoms with Gasteiger partial charge in [0.05, 0.1) is 7.11 Å². The van der Waals surface area contributed by atoms with E-state index in [-0.39, 0.29) is 11.3 Å². The molecule has 0 unspecified atom stereocenters. The molecule has 3 aromatic rings. The fourth-order valence-electron chi connectivity index (χ4n) is 2.34. The highest BCUT2D eigenvalue weighted by molar-refractivity contribution is 6.08. The van der Waals surface area contributed by atoms with Crippen LogP contribution in [0.1, 0.15) is 10.4 Å². The number of aromatic hydroxyl groups is 1. The second-order valence-corrected chi connectivity index (χ2v) is 5.25. The zero-order valence-corrected chi connectivity index (χ0v) is 13.6. The Bertz CT molecular complexity index is 861. The Kier molecular flexibility index (Phi) is 4.85. The van der Waals surface area contributed by atoms with Gasteiger partial charge in [0.15, 0.2) is 0 Å². The second-order valence-electron chi connectivity index (χ2n) is 5.25. The summed E-state index contributed by atoms with van der Waals surface area (Å²) in [5.74, 6) is 1.11. The van der Waals surface area contributed by atoms with Crippen molar-refractivity contribution in [2.75, 3.05) is 12.4 Å². The van der Waals surface area contributed by atoms with E-state index in [9.17, 15) is 9.90 Å². The van der Waals surface area contributed by atoms with Crippen LogP contribution in [0.4, 0.5) is 5.69 Å². The van der Waals surface area contributed by atoms with Gasteiger partial charge in [-0.05, 0) is 48.5 Å². The lowest BCUT2D eigenvalue weighted by Gasteiger charge is -2.11. The van der Waals surface area contributed by atoms with Gasteiger partial charge in [0.25, 0.3) is 5.91 Å². The number of anilines is 1. The second kappa shape index (κ2) is 7.40. The number of phenols is 1. The lowest BCUT2D eigenvalue weighted by molar-refractivity contribution is 0.102. The number of para-hydroxylation sites is 1. The maximum atomic E-state index is 12.4. The Morgan fingerprint density at radius 1 is 0.880 bits per heavy atom. The van der Waals surface area contributed by atoms with Crippen LogP contribution in [0.2, 0.25) is 0 Å². The minimum Gasteiger partial charge on any atom is -0.507 e. The predicted molar refractivity (Wildman–Crippen MR) is 95.6 cm³/mol. The molecule has 0 atom stereocenters. The van der Waals surface area contributed by atoms with Gasteiger partial charge in [0, 0.05) is 5.69 Å². The summed E-state index contributed by atoms with van der Waals surface area (Å²) in [5.41, 5.74) is 0.672. The maximum absolute atomic E-state index is 12.4. The van der Waals surface area contributed by atoms with E-state index in [4.69, 9.17) is 9.47 Å². The Labute approximate surface area is 145 Å². The average molecular weight is 335 g/mol. The Morgan fingerprint density at radius 2 is 1.56 bits per heavy atom. The van der Waals surface area contributed by atoms with E-state index in [1.54, 1.807) is 36.4 Å². The number of hydrogen-bond donors (Lipinski definition) is 2. The van der Waals surface area contributed by atoms with Gasteiger partial charge in [0.1, 0.15) is 28.6 Å². The molecule has 0 bridgehead atoms. The van der Waals surface area contributed by atoms with Crippen LogP contribution in [0.25, 0.3) is 0 Å². The first-order valence-corrected chi connectivity index (χ1v) is 7.67. The van der Waals surface area contributed by atoms with Gasteiger partial charge in [-0.3, -0.25) is 4.79 Å². The van der Waals surface area contributed by atoms with Gasteiger partial charge in [0.2, 0.25) is 0 Å². The number of carbonyl (C=O) groups excluding carboxylic acids is 1. The van der Waals surface area contributed by atoms with E-state index in [0.29, 0.717) is 17.2 Å². The normalized spacial score (nSPS) is 10.1. The molecule has 0 heterocycles. The summed E-state index contributed by atoms with van der Waals surface area (Å²) in [6.07, 6.45) is 0. The number of phenolic OH excluding ortho intramolecular Hbond substituents is 1. The van der Waals surface area contributed by atoms with Crippen LogP contribution in [0.3, 0.4) is 0 Å². The van der Waals surface area contributed by atoms with Crippen molar-refractivity contribution in [2.45, 2.75) is 0 Å². The zero-order chi connectivity index (χ0) is 17.6. The molecular weight excluding hydrogens is 318 g/mol. The molecule has 0 aromatic heterocycles. The summed E-state index contributed by atoms with van der Waals surface area (Å²) in [6.45, 7) is 0. The van der Waals surface area contributed by atoms with E-state index in [1.807, 2.05) is 30.3 Å². The monoisotopic (exact) mass is 335 g/mol. The lowest BCUT2D eigenvalue weighted by atomic mass is 10.1. The molecule has 25 heavy (non-hydrogen) atoms. The minimum absolute atomic E-state index is 0.0922. The Balaban J connectivity index is 1.72. The minimum atomic E-state index is -0.452. The molecule has 3 rings (SSSR count). The highest BCUT2D eigenvalue weighted by atomic mass is 16.5. The molecule has 0 fully saturated rings. The summed E-state index contributed by atoms with van der Waals surface area (Å²) in [7, 11) is 1.45. The van der Waals surface area contributed by atoms with Gasteiger partial charge in [-0.2, -0.15) is 0 Å². The van der Waals surface area contributed by atoms with E-state index < -0.39 is 5.91 Å². The van der Waals surface area contributed by atoms with Crippen molar-refractivity contribution in [1.29, 1.82) is 0 Å². The summed E-state index contributed by atoms with van der Waals surface area (Å²) in [5, 5.41) is 12.6. The fraction of sp³-hybridized carbons (Fsp3) is 0.0500. The SMILES string of the molecule is COc1cccc(O)c1C(=O)Nc1ccc(Oc2ccccc2)cc1. The molecule has 0 aliphatic heterocycles. The third-order valence-corrected chi connectivity index (χ3v) is 3.54. The van der Waals surface area contributed by atoms with Gasteiger partial charge in [-0.25, -0.2) is 0 Å². The van der Waals surface area contributed by atoms with Gasteiger partial charge in [-0.1, -0.05) is 24.3 Å². The lowest BCUT2D eigenvalue weighted by Crippen LogP contribution is -2.13. The number of hydrogen-bond acceptors (Lipinski definition) is 4. The highest BCUT2D eigenvalue weighted by Gasteiger charge is 2.17. The van der Waals surface area contributed by atoms with Gasteiger partial charge >= 0.3 is 0 Å². The molecule has 0 aliphatic rings. The van der Waals surface area contributed by atoms with Crippen LogP contribution < -0.4 is 14.8 Å². The molecule has 1 amide bonds. The summed E-state index contributed by atoms with van der Waals surface area (Å²) in [4.78, 5) is 12.4.